The maximum atomic E-state index is 8.85. The van der Waals surface area contributed by atoms with Crippen LogP contribution in [-0.2, 0) is 0 Å². The van der Waals surface area contributed by atoms with Crippen LogP contribution in [-0.4, -0.2) is 18.6 Å². The van der Waals surface area contributed by atoms with Gasteiger partial charge in [0.15, 0.2) is 5.69 Å². The summed E-state index contributed by atoms with van der Waals surface area (Å²) in [7, 11) is 2.01. The molecule has 0 spiro atoms. The van der Waals surface area contributed by atoms with Crippen molar-refractivity contribution in [3.05, 3.63) is 17.8 Å². The van der Waals surface area contributed by atoms with E-state index in [2.05, 4.69) is 9.88 Å². The highest BCUT2D eigenvalue weighted by atomic mass is 15.2. The van der Waals surface area contributed by atoms with Crippen molar-refractivity contribution in [3.8, 4) is 6.07 Å². The predicted molar refractivity (Wildman–Crippen MR) is 64.0 cm³/mol. The Kier molecular flexibility index (Phi) is 2.95. The largest absolute Gasteiger partial charge is 0.396 e. The van der Waals surface area contributed by atoms with Gasteiger partial charge in [-0.05, 0) is 30.9 Å². The molecule has 0 amide bonds. The quantitative estimate of drug-likeness (QED) is 0.836. The first kappa shape index (κ1) is 10.7. The van der Waals surface area contributed by atoms with Crippen molar-refractivity contribution in [2.24, 2.45) is 5.92 Å². The number of rotatable bonds is 3. The van der Waals surface area contributed by atoms with Gasteiger partial charge in [-0.3, -0.25) is 0 Å². The van der Waals surface area contributed by atoms with Gasteiger partial charge in [0.1, 0.15) is 11.9 Å². The van der Waals surface area contributed by atoms with E-state index in [1.54, 1.807) is 6.07 Å². The highest BCUT2D eigenvalue weighted by Gasteiger charge is 2.19. The highest BCUT2D eigenvalue weighted by molar-refractivity contribution is 5.55. The Morgan fingerprint density at radius 2 is 2.31 bits per heavy atom. The second kappa shape index (κ2) is 4.40. The third-order valence-corrected chi connectivity index (χ3v) is 3.17. The van der Waals surface area contributed by atoms with E-state index in [1.807, 2.05) is 19.2 Å². The van der Waals surface area contributed by atoms with Crippen LogP contribution >= 0.6 is 0 Å². The van der Waals surface area contributed by atoms with E-state index in [9.17, 15) is 0 Å². The molecule has 1 heterocycles. The minimum absolute atomic E-state index is 0.318. The molecule has 2 N–H and O–H groups in total. The lowest BCUT2D eigenvalue weighted by Gasteiger charge is -2.30. The van der Waals surface area contributed by atoms with Gasteiger partial charge in [0.2, 0.25) is 0 Å². The molecule has 0 atom stereocenters. The van der Waals surface area contributed by atoms with E-state index in [0.29, 0.717) is 11.4 Å². The van der Waals surface area contributed by atoms with E-state index >= 15 is 0 Å². The second-order valence-electron chi connectivity index (χ2n) is 4.40. The van der Waals surface area contributed by atoms with E-state index < -0.39 is 0 Å². The summed E-state index contributed by atoms with van der Waals surface area (Å²) in [5.74, 6) is 1.62. The molecular weight excluding hydrogens is 200 g/mol. The van der Waals surface area contributed by atoms with Gasteiger partial charge in [-0.1, -0.05) is 6.42 Å². The minimum Gasteiger partial charge on any atom is -0.396 e. The summed E-state index contributed by atoms with van der Waals surface area (Å²) in [6.07, 6.45) is 3.96. The molecule has 1 aromatic heterocycles. The molecule has 1 aliphatic carbocycles. The number of hydrogen-bond acceptors (Lipinski definition) is 4. The Bertz CT molecular complexity index is 418. The maximum absolute atomic E-state index is 8.85. The van der Waals surface area contributed by atoms with E-state index in [0.717, 1.165) is 18.3 Å². The van der Waals surface area contributed by atoms with Gasteiger partial charge < -0.3 is 10.6 Å². The SMILES string of the molecule is CN(CC1CCC1)c1ccc(N)c(C#N)n1. The van der Waals surface area contributed by atoms with Crippen molar-refractivity contribution >= 4 is 11.5 Å². The van der Waals surface area contributed by atoms with Crippen LogP contribution in [0.3, 0.4) is 0 Å². The van der Waals surface area contributed by atoms with Crippen LogP contribution < -0.4 is 10.6 Å². The second-order valence-corrected chi connectivity index (χ2v) is 4.40. The molecule has 4 nitrogen and oxygen atoms in total. The molecule has 1 saturated carbocycles. The maximum Gasteiger partial charge on any atom is 0.165 e. The smallest absolute Gasteiger partial charge is 0.165 e. The summed E-state index contributed by atoms with van der Waals surface area (Å²) in [6.45, 7) is 1.02. The van der Waals surface area contributed by atoms with Gasteiger partial charge in [0.05, 0.1) is 5.69 Å². The zero-order valence-electron chi connectivity index (χ0n) is 9.48. The first-order valence-corrected chi connectivity index (χ1v) is 5.58. The number of nitrogens with two attached hydrogens (primary N) is 1. The number of nitriles is 1. The van der Waals surface area contributed by atoms with Crippen LogP contribution in [0, 0.1) is 17.2 Å². The number of nitrogens with zero attached hydrogens (tertiary/aromatic N) is 3. The molecule has 1 aromatic rings. The Balaban J connectivity index is 2.10. The summed E-state index contributed by atoms with van der Waals surface area (Å²) in [6, 6.07) is 5.63. The first-order chi connectivity index (χ1) is 7.70. The number of pyridine rings is 1. The number of aromatic nitrogens is 1. The first-order valence-electron chi connectivity index (χ1n) is 5.58. The fourth-order valence-electron chi connectivity index (χ4n) is 1.92. The Hall–Kier alpha value is -1.76. The fourth-order valence-corrected chi connectivity index (χ4v) is 1.92. The average molecular weight is 216 g/mol. The van der Waals surface area contributed by atoms with Crippen molar-refractivity contribution in [1.82, 2.24) is 4.98 Å². The third-order valence-electron chi connectivity index (χ3n) is 3.17. The Morgan fingerprint density at radius 3 is 2.88 bits per heavy atom. The Morgan fingerprint density at radius 1 is 1.56 bits per heavy atom. The molecule has 2 rings (SSSR count). The number of hydrogen-bond donors (Lipinski definition) is 1. The summed E-state index contributed by atoms with van der Waals surface area (Å²) >= 11 is 0. The molecule has 0 bridgehead atoms. The zero-order valence-corrected chi connectivity index (χ0v) is 9.48. The molecule has 0 aliphatic heterocycles. The summed E-state index contributed by atoms with van der Waals surface area (Å²) in [4.78, 5) is 6.34. The van der Waals surface area contributed by atoms with Crippen LogP contribution in [0.15, 0.2) is 12.1 Å². The van der Waals surface area contributed by atoms with Gasteiger partial charge >= 0.3 is 0 Å². The van der Waals surface area contributed by atoms with E-state index in [4.69, 9.17) is 11.0 Å². The fraction of sp³-hybridized carbons (Fsp3) is 0.500. The minimum atomic E-state index is 0.318. The normalized spacial score (nSPS) is 15.2. The molecule has 0 unspecified atom stereocenters. The topological polar surface area (TPSA) is 65.9 Å². The van der Waals surface area contributed by atoms with Crippen molar-refractivity contribution in [2.45, 2.75) is 19.3 Å². The van der Waals surface area contributed by atoms with Gasteiger partial charge in [-0.2, -0.15) is 5.26 Å². The van der Waals surface area contributed by atoms with Crippen molar-refractivity contribution < 1.29 is 0 Å². The molecule has 16 heavy (non-hydrogen) atoms. The van der Waals surface area contributed by atoms with Crippen molar-refractivity contribution in [2.75, 3.05) is 24.2 Å². The molecule has 4 heteroatoms. The van der Waals surface area contributed by atoms with Crippen LogP contribution in [0.1, 0.15) is 25.0 Å². The molecule has 0 aromatic carbocycles. The standard InChI is InChI=1S/C12H16N4/c1-16(8-9-3-2-4-9)12-6-5-10(14)11(7-13)15-12/h5-6,9H,2-4,8,14H2,1H3. The van der Waals surface area contributed by atoms with E-state index in [-0.39, 0.29) is 0 Å². The predicted octanol–water partition coefficient (Wildman–Crippen LogP) is 1.77. The van der Waals surface area contributed by atoms with Crippen LogP contribution in [0.4, 0.5) is 11.5 Å². The van der Waals surface area contributed by atoms with Gasteiger partial charge in [-0.15, -0.1) is 0 Å². The molecule has 84 valence electrons. The molecular formula is C12H16N4. The lowest BCUT2D eigenvalue weighted by molar-refractivity contribution is 0.321. The molecule has 1 fully saturated rings. The van der Waals surface area contributed by atoms with Crippen molar-refractivity contribution in [3.63, 3.8) is 0 Å². The van der Waals surface area contributed by atoms with Gasteiger partial charge in [0, 0.05) is 13.6 Å². The third kappa shape index (κ3) is 2.08. The van der Waals surface area contributed by atoms with Crippen LogP contribution in [0.2, 0.25) is 0 Å². The average Bonchev–Trinajstić information content (AvgIpc) is 2.24. The molecule has 0 saturated heterocycles. The van der Waals surface area contributed by atoms with Gasteiger partial charge in [0.25, 0.3) is 0 Å². The molecule has 0 radical (unpaired) electrons. The Labute approximate surface area is 95.7 Å². The zero-order chi connectivity index (χ0) is 11.5. The summed E-state index contributed by atoms with van der Waals surface area (Å²) < 4.78 is 0. The summed E-state index contributed by atoms with van der Waals surface area (Å²) in [5, 5.41) is 8.85. The summed E-state index contributed by atoms with van der Waals surface area (Å²) in [5.41, 5.74) is 6.40. The number of anilines is 2. The van der Waals surface area contributed by atoms with Gasteiger partial charge in [-0.25, -0.2) is 4.98 Å². The van der Waals surface area contributed by atoms with Crippen LogP contribution in [0.5, 0.6) is 0 Å². The lowest BCUT2D eigenvalue weighted by atomic mass is 9.85. The van der Waals surface area contributed by atoms with Crippen molar-refractivity contribution in [1.29, 1.82) is 5.26 Å². The highest BCUT2D eigenvalue weighted by Crippen LogP contribution is 2.28. The number of nitrogen functional groups attached to an aromatic ring is 1. The van der Waals surface area contributed by atoms with Crippen LogP contribution in [0.25, 0.3) is 0 Å². The van der Waals surface area contributed by atoms with E-state index in [1.165, 1.54) is 19.3 Å². The lowest BCUT2D eigenvalue weighted by Crippen LogP contribution is -2.29. The monoisotopic (exact) mass is 216 g/mol. The molecule has 1 aliphatic rings.